The molecule has 1 N–H and O–H groups in total. The molecule has 18 heavy (non-hydrogen) atoms. The van der Waals surface area contributed by atoms with Crippen LogP contribution in [0.25, 0.3) is 0 Å². The quantitative estimate of drug-likeness (QED) is 0.858. The van der Waals surface area contributed by atoms with Crippen LogP contribution in [0.3, 0.4) is 0 Å². The van der Waals surface area contributed by atoms with Crippen molar-refractivity contribution in [2.75, 3.05) is 12.3 Å². The van der Waals surface area contributed by atoms with Gasteiger partial charge in [-0.2, -0.15) is 0 Å². The maximum Gasteiger partial charge on any atom is 0.154 e. The van der Waals surface area contributed by atoms with E-state index in [1.54, 1.807) is 0 Å². The van der Waals surface area contributed by atoms with Crippen LogP contribution in [-0.4, -0.2) is 32.0 Å². The van der Waals surface area contributed by atoms with Gasteiger partial charge in [0.1, 0.15) is 0 Å². The topological polar surface area (TPSA) is 46.2 Å². The van der Waals surface area contributed by atoms with Crippen molar-refractivity contribution in [1.29, 1.82) is 0 Å². The van der Waals surface area contributed by atoms with Gasteiger partial charge in [0.25, 0.3) is 0 Å². The molecule has 0 aromatic heterocycles. The Morgan fingerprint density at radius 1 is 1.28 bits per heavy atom. The van der Waals surface area contributed by atoms with Gasteiger partial charge in [-0.15, -0.1) is 0 Å². The van der Waals surface area contributed by atoms with Crippen LogP contribution in [0, 0.1) is 11.3 Å². The number of sulfone groups is 1. The molecule has 3 nitrogen and oxygen atoms in total. The van der Waals surface area contributed by atoms with E-state index in [0.717, 1.165) is 12.8 Å². The average Bonchev–Trinajstić information content (AvgIpc) is 2.55. The first kappa shape index (κ1) is 14.3. The lowest BCUT2D eigenvalue weighted by molar-refractivity contribution is 0.149. The lowest BCUT2D eigenvalue weighted by Gasteiger charge is -2.40. The van der Waals surface area contributed by atoms with Crippen LogP contribution in [0.4, 0.5) is 0 Å². The number of rotatable bonds is 3. The Kier molecular flexibility index (Phi) is 4.07. The highest BCUT2D eigenvalue weighted by molar-refractivity contribution is 7.92. The lowest BCUT2D eigenvalue weighted by Crippen LogP contribution is -2.45. The smallest absolute Gasteiger partial charge is 0.154 e. The number of nitrogens with one attached hydrogen (secondary N) is 1. The molecule has 0 bridgehead atoms. The van der Waals surface area contributed by atoms with Crippen molar-refractivity contribution in [3.05, 3.63) is 0 Å². The van der Waals surface area contributed by atoms with Crippen LogP contribution in [0.1, 0.15) is 52.9 Å². The second-order valence-corrected chi connectivity index (χ2v) is 9.43. The molecule has 1 saturated carbocycles. The van der Waals surface area contributed by atoms with Crippen molar-refractivity contribution in [3.8, 4) is 0 Å². The first-order chi connectivity index (χ1) is 8.30. The summed E-state index contributed by atoms with van der Waals surface area (Å²) in [6.45, 7) is 7.63. The van der Waals surface area contributed by atoms with Crippen molar-refractivity contribution in [2.45, 2.75) is 64.2 Å². The van der Waals surface area contributed by atoms with E-state index in [1.165, 1.54) is 19.3 Å². The van der Waals surface area contributed by atoms with Crippen LogP contribution < -0.4 is 5.32 Å². The second kappa shape index (κ2) is 5.12. The van der Waals surface area contributed by atoms with Gasteiger partial charge in [-0.3, -0.25) is 0 Å². The highest BCUT2D eigenvalue weighted by Gasteiger charge is 2.35. The van der Waals surface area contributed by atoms with Gasteiger partial charge in [0.05, 0.1) is 11.0 Å². The maximum atomic E-state index is 11.8. The van der Waals surface area contributed by atoms with Crippen molar-refractivity contribution >= 4 is 9.84 Å². The Labute approximate surface area is 112 Å². The van der Waals surface area contributed by atoms with E-state index >= 15 is 0 Å². The molecule has 2 aliphatic rings. The van der Waals surface area contributed by atoms with Crippen molar-refractivity contribution < 1.29 is 8.42 Å². The van der Waals surface area contributed by atoms with Gasteiger partial charge < -0.3 is 5.32 Å². The van der Waals surface area contributed by atoms with Gasteiger partial charge in [0, 0.05) is 12.6 Å². The van der Waals surface area contributed by atoms with E-state index in [0.29, 0.717) is 29.7 Å². The number of hydrogen-bond acceptors (Lipinski definition) is 3. The zero-order valence-electron chi connectivity index (χ0n) is 11.9. The van der Waals surface area contributed by atoms with E-state index in [-0.39, 0.29) is 5.25 Å². The molecule has 0 amide bonds. The zero-order chi connectivity index (χ0) is 13.4. The minimum absolute atomic E-state index is 0.125. The summed E-state index contributed by atoms with van der Waals surface area (Å²) < 4.78 is 23.6. The first-order valence-electron chi connectivity index (χ1n) is 7.25. The van der Waals surface area contributed by atoms with Crippen molar-refractivity contribution in [2.24, 2.45) is 11.3 Å². The van der Waals surface area contributed by atoms with Crippen molar-refractivity contribution in [3.63, 3.8) is 0 Å². The molecule has 0 radical (unpaired) electrons. The van der Waals surface area contributed by atoms with Crippen LogP contribution in [0.2, 0.25) is 0 Å². The summed E-state index contributed by atoms with van der Waals surface area (Å²) in [5.41, 5.74) is 0.455. The summed E-state index contributed by atoms with van der Waals surface area (Å²) in [4.78, 5) is 0. The normalized spacial score (nSPS) is 38.7. The molecule has 2 rings (SSSR count). The van der Waals surface area contributed by atoms with Gasteiger partial charge in [0.2, 0.25) is 0 Å². The monoisotopic (exact) mass is 273 g/mol. The molecular weight excluding hydrogens is 246 g/mol. The first-order valence-corrected chi connectivity index (χ1v) is 8.97. The molecule has 1 aliphatic carbocycles. The molecule has 0 aromatic rings. The summed E-state index contributed by atoms with van der Waals surface area (Å²) in [5, 5.41) is 3.40. The third-order valence-electron chi connectivity index (χ3n) is 4.76. The fourth-order valence-corrected chi connectivity index (χ4v) is 5.40. The second-order valence-electron chi connectivity index (χ2n) is 7.03. The van der Waals surface area contributed by atoms with Gasteiger partial charge in [-0.25, -0.2) is 8.42 Å². The fraction of sp³-hybridized carbons (Fsp3) is 1.00. The Morgan fingerprint density at radius 2 is 2.00 bits per heavy atom. The minimum atomic E-state index is -2.79. The summed E-state index contributed by atoms with van der Waals surface area (Å²) in [5.74, 6) is 1.05. The molecule has 106 valence electrons. The summed E-state index contributed by atoms with van der Waals surface area (Å²) >= 11 is 0. The molecule has 1 saturated heterocycles. The summed E-state index contributed by atoms with van der Waals surface area (Å²) in [6, 6.07) is 0.508. The van der Waals surface area contributed by atoms with Gasteiger partial charge in [-0.05, 0) is 43.4 Å². The zero-order valence-corrected chi connectivity index (χ0v) is 12.7. The predicted octanol–water partition coefficient (Wildman–Crippen LogP) is 2.37. The molecule has 3 unspecified atom stereocenters. The minimum Gasteiger partial charge on any atom is -0.312 e. The molecule has 0 aromatic carbocycles. The molecule has 2 fully saturated rings. The molecular formula is C14H27NO2S. The summed E-state index contributed by atoms with van der Waals surface area (Å²) in [6.07, 6.45) is 5.36. The molecule has 4 heteroatoms. The van der Waals surface area contributed by atoms with Crippen molar-refractivity contribution in [1.82, 2.24) is 5.32 Å². The van der Waals surface area contributed by atoms with Crippen LogP contribution >= 0.6 is 0 Å². The molecule has 1 aliphatic heterocycles. The highest BCUT2D eigenvalue weighted by Crippen LogP contribution is 2.38. The van der Waals surface area contributed by atoms with Crippen LogP contribution in [-0.2, 0) is 9.84 Å². The molecule has 3 atom stereocenters. The Hall–Kier alpha value is -0.0900. The molecule has 0 spiro atoms. The summed E-state index contributed by atoms with van der Waals surface area (Å²) in [7, 11) is -2.79. The van der Waals surface area contributed by atoms with Crippen LogP contribution in [0.15, 0.2) is 0 Å². The largest absolute Gasteiger partial charge is 0.312 e. The van der Waals surface area contributed by atoms with Gasteiger partial charge in [0.15, 0.2) is 9.84 Å². The molecule has 1 heterocycles. The Bertz CT molecular complexity index is 389. The van der Waals surface area contributed by atoms with E-state index in [9.17, 15) is 8.42 Å². The highest BCUT2D eigenvalue weighted by atomic mass is 32.2. The Balaban J connectivity index is 1.84. The fourth-order valence-electron chi connectivity index (χ4n) is 3.62. The van der Waals surface area contributed by atoms with E-state index < -0.39 is 9.84 Å². The SMILES string of the molecule is CC1CC(C)(C)CCC1NCC1CCCS1(=O)=O. The Morgan fingerprint density at radius 3 is 2.56 bits per heavy atom. The van der Waals surface area contributed by atoms with Crippen LogP contribution in [0.5, 0.6) is 0 Å². The number of hydrogen-bond donors (Lipinski definition) is 1. The van der Waals surface area contributed by atoms with E-state index in [4.69, 9.17) is 0 Å². The van der Waals surface area contributed by atoms with E-state index in [2.05, 4.69) is 26.1 Å². The van der Waals surface area contributed by atoms with E-state index in [1.807, 2.05) is 0 Å². The predicted molar refractivity (Wildman–Crippen MR) is 75.4 cm³/mol. The van der Waals surface area contributed by atoms with Gasteiger partial charge in [-0.1, -0.05) is 20.8 Å². The standard InChI is InChI=1S/C14H27NO2S/c1-11-9-14(2,3)7-6-13(11)15-10-12-5-4-8-18(12,16)17/h11-13,15H,4-10H2,1-3H3. The lowest BCUT2D eigenvalue weighted by atomic mass is 9.70. The third-order valence-corrected chi connectivity index (χ3v) is 7.04. The third kappa shape index (κ3) is 3.27. The van der Waals surface area contributed by atoms with Gasteiger partial charge >= 0.3 is 0 Å². The average molecular weight is 273 g/mol. The maximum absolute atomic E-state index is 11.8.